The third-order valence-corrected chi connectivity index (χ3v) is 7.66. The molecule has 1 aliphatic heterocycles. The zero-order chi connectivity index (χ0) is 25.3. The first-order valence-electron chi connectivity index (χ1n) is 11.8. The second-order valence-corrected chi connectivity index (χ2v) is 10.0. The molecule has 1 aliphatic carbocycles. The van der Waals surface area contributed by atoms with Crippen molar-refractivity contribution >= 4 is 40.7 Å². The minimum Gasteiger partial charge on any atom is -0.497 e. The van der Waals surface area contributed by atoms with Crippen molar-refractivity contribution < 1.29 is 19.1 Å². The highest BCUT2D eigenvalue weighted by atomic mass is 35.5. The predicted octanol–water partition coefficient (Wildman–Crippen LogP) is 6.92. The molecule has 4 rings (SSSR count). The number of hydrogen-bond donors (Lipinski definition) is 0. The number of ether oxygens (including phenoxy) is 2. The number of halogens is 2. The molecule has 1 heterocycles. The average molecular weight is 514 g/mol. The van der Waals surface area contributed by atoms with E-state index in [0.717, 1.165) is 22.6 Å². The molecule has 0 saturated heterocycles. The number of Topliss-reactive ketones (excluding diaryl/α,β-unsaturated/α-hetero) is 1. The first-order chi connectivity index (χ1) is 16.7. The zero-order valence-corrected chi connectivity index (χ0v) is 21.8. The minimum atomic E-state index is -0.707. The number of methoxy groups -OCH3 is 1. The van der Waals surface area contributed by atoms with E-state index >= 15 is 0 Å². The number of ketones is 1. The molecule has 0 fully saturated rings. The molecule has 2 aromatic rings. The highest BCUT2D eigenvalue weighted by Gasteiger charge is 2.45. The summed E-state index contributed by atoms with van der Waals surface area (Å²) in [4.78, 5) is 31.8. The third-order valence-electron chi connectivity index (χ3n) is 6.92. The van der Waals surface area contributed by atoms with Gasteiger partial charge in [-0.2, -0.15) is 0 Å². The van der Waals surface area contributed by atoms with Crippen molar-refractivity contribution in [1.82, 2.24) is 0 Å². The standard InChI is InChI=1S/C28H29Cl2NO4/c1-5-15(2)35-28(33)25-16(3)31-23-13-19(17-6-9-20(34-4)10-7-17)14-24(32)27(23)26(25)18-8-11-21(29)22(30)12-18/h6-12,15,19,25-26H,5,13-14H2,1-4H3/t15-,19-,25?,26-/m1/s1. The first kappa shape index (κ1) is 25.5. The smallest absolute Gasteiger partial charge is 0.315 e. The molecule has 0 saturated carbocycles. The number of aliphatic imine (C=N–C) groups is 1. The van der Waals surface area contributed by atoms with Crippen molar-refractivity contribution in [3.63, 3.8) is 0 Å². The molecule has 2 aliphatic rings. The van der Waals surface area contributed by atoms with Crippen LogP contribution < -0.4 is 4.74 Å². The highest BCUT2D eigenvalue weighted by Crippen LogP contribution is 2.47. The molecule has 4 atom stereocenters. The van der Waals surface area contributed by atoms with E-state index in [1.807, 2.05) is 51.1 Å². The van der Waals surface area contributed by atoms with E-state index in [4.69, 9.17) is 37.7 Å². The Morgan fingerprint density at radius 2 is 1.77 bits per heavy atom. The molecule has 0 bridgehead atoms. The first-order valence-corrected chi connectivity index (χ1v) is 12.6. The molecule has 2 aromatic carbocycles. The van der Waals surface area contributed by atoms with Crippen LogP contribution in [0.3, 0.4) is 0 Å². The lowest BCUT2D eigenvalue weighted by molar-refractivity contribution is -0.151. The van der Waals surface area contributed by atoms with E-state index in [0.29, 0.717) is 40.6 Å². The Morgan fingerprint density at radius 3 is 2.40 bits per heavy atom. The quantitative estimate of drug-likeness (QED) is 0.393. The molecule has 7 heteroatoms. The van der Waals surface area contributed by atoms with Crippen LogP contribution in [0.4, 0.5) is 0 Å². The topological polar surface area (TPSA) is 65.0 Å². The maximum Gasteiger partial charge on any atom is 0.315 e. The summed E-state index contributed by atoms with van der Waals surface area (Å²) in [6, 6.07) is 13.1. The second-order valence-electron chi connectivity index (χ2n) is 9.20. The van der Waals surface area contributed by atoms with Crippen LogP contribution in [0.1, 0.15) is 63.0 Å². The predicted molar refractivity (Wildman–Crippen MR) is 139 cm³/mol. The fourth-order valence-electron chi connectivity index (χ4n) is 4.90. The Labute approximate surface area is 216 Å². The number of rotatable bonds is 6. The maximum absolute atomic E-state index is 13.7. The second kappa shape index (κ2) is 10.5. The summed E-state index contributed by atoms with van der Waals surface area (Å²) in [6.07, 6.45) is 1.41. The summed E-state index contributed by atoms with van der Waals surface area (Å²) in [5.74, 6) is -0.861. The number of esters is 1. The number of nitrogens with zero attached hydrogens (tertiary/aromatic N) is 1. The molecular weight excluding hydrogens is 485 g/mol. The van der Waals surface area contributed by atoms with Gasteiger partial charge in [-0.25, -0.2) is 0 Å². The van der Waals surface area contributed by atoms with Gasteiger partial charge >= 0.3 is 5.97 Å². The molecule has 0 aromatic heterocycles. The fraction of sp³-hybridized carbons (Fsp3) is 0.393. The summed E-state index contributed by atoms with van der Waals surface area (Å²) in [5.41, 5.74) is 3.75. The Balaban J connectivity index is 1.77. The van der Waals surface area contributed by atoms with Crippen molar-refractivity contribution in [2.24, 2.45) is 10.9 Å². The summed E-state index contributed by atoms with van der Waals surface area (Å²) >= 11 is 12.5. The van der Waals surface area contributed by atoms with Crippen LogP contribution in [0, 0.1) is 5.92 Å². The summed E-state index contributed by atoms with van der Waals surface area (Å²) in [5, 5.41) is 0.791. The molecule has 35 heavy (non-hydrogen) atoms. The Morgan fingerprint density at radius 1 is 1.09 bits per heavy atom. The average Bonchev–Trinajstić information content (AvgIpc) is 2.84. The monoisotopic (exact) mass is 513 g/mol. The highest BCUT2D eigenvalue weighted by molar-refractivity contribution is 6.42. The molecule has 0 radical (unpaired) electrons. The molecule has 5 nitrogen and oxygen atoms in total. The van der Waals surface area contributed by atoms with Gasteiger partial charge in [0.2, 0.25) is 0 Å². The SMILES string of the molecule is CC[C@@H](C)OC(=O)C1C(C)=NC2=C(C(=O)C[C@H](c3ccc(OC)cc3)C2)[C@@H]1c1ccc(Cl)c(Cl)c1. The molecule has 0 amide bonds. The summed E-state index contributed by atoms with van der Waals surface area (Å²) in [6.45, 7) is 5.65. The van der Waals surface area contributed by atoms with Crippen LogP contribution in [0.5, 0.6) is 5.75 Å². The van der Waals surface area contributed by atoms with Gasteiger partial charge in [0.05, 0.1) is 23.3 Å². The molecule has 0 spiro atoms. The Hall–Kier alpha value is -2.63. The van der Waals surface area contributed by atoms with Crippen LogP contribution >= 0.6 is 23.2 Å². The third kappa shape index (κ3) is 5.17. The molecule has 0 N–H and O–H groups in total. The lowest BCUT2D eigenvalue weighted by Crippen LogP contribution is -2.39. The van der Waals surface area contributed by atoms with Gasteiger partial charge < -0.3 is 9.47 Å². The molecule has 184 valence electrons. The Kier molecular flexibility index (Phi) is 7.67. The van der Waals surface area contributed by atoms with Crippen LogP contribution in [-0.2, 0) is 14.3 Å². The zero-order valence-electron chi connectivity index (χ0n) is 20.3. The number of carbonyl (C=O) groups is 2. The maximum atomic E-state index is 13.7. The van der Waals surface area contributed by atoms with Gasteiger partial charge in [0.15, 0.2) is 5.78 Å². The minimum absolute atomic E-state index is 0.00165. The summed E-state index contributed by atoms with van der Waals surface area (Å²) in [7, 11) is 1.63. The lowest BCUT2D eigenvalue weighted by Gasteiger charge is -2.37. The van der Waals surface area contributed by atoms with Gasteiger partial charge in [-0.1, -0.05) is 48.3 Å². The molecule has 1 unspecified atom stereocenters. The van der Waals surface area contributed by atoms with Crippen LogP contribution in [0.2, 0.25) is 10.0 Å². The van der Waals surface area contributed by atoms with Gasteiger partial charge in [0.25, 0.3) is 0 Å². The van der Waals surface area contributed by atoms with Crippen LogP contribution in [0.25, 0.3) is 0 Å². The van der Waals surface area contributed by atoms with Crippen molar-refractivity contribution in [2.45, 2.75) is 58.0 Å². The number of allylic oxidation sites excluding steroid dienone is 2. The van der Waals surface area contributed by atoms with Gasteiger partial charge in [-0.15, -0.1) is 0 Å². The van der Waals surface area contributed by atoms with E-state index in [2.05, 4.69) is 0 Å². The number of benzene rings is 2. The molecular formula is C28H29Cl2NO4. The van der Waals surface area contributed by atoms with Gasteiger partial charge in [-0.05, 0) is 68.0 Å². The van der Waals surface area contributed by atoms with E-state index < -0.39 is 11.8 Å². The van der Waals surface area contributed by atoms with Crippen molar-refractivity contribution in [1.29, 1.82) is 0 Å². The van der Waals surface area contributed by atoms with Crippen molar-refractivity contribution in [3.8, 4) is 5.75 Å². The van der Waals surface area contributed by atoms with Gasteiger partial charge in [0, 0.05) is 29.3 Å². The fourth-order valence-corrected chi connectivity index (χ4v) is 5.20. The number of carbonyl (C=O) groups excluding carboxylic acids is 2. The lowest BCUT2D eigenvalue weighted by atomic mass is 9.69. The van der Waals surface area contributed by atoms with E-state index in [-0.39, 0.29) is 23.8 Å². The van der Waals surface area contributed by atoms with E-state index in [9.17, 15) is 9.59 Å². The van der Waals surface area contributed by atoms with Crippen molar-refractivity contribution in [3.05, 3.63) is 74.9 Å². The van der Waals surface area contributed by atoms with Crippen molar-refractivity contribution in [2.75, 3.05) is 7.11 Å². The van der Waals surface area contributed by atoms with E-state index in [1.165, 1.54) is 0 Å². The largest absolute Gasteiger partial charge is 0.497 e. The van der Waals surface area contributed by atoms with E-state index in [1.54, 1.807) is 19.2 Å². The van der Waals surface area contributed by atoms with Crippen LogP contribution in [0.15, 0.2) is 58.7 Å². The van der Waals surface area contributed by atoms with Gasteiger partial charge in [-0.3, -0.25) is 14.6 Å². The Bertz CT molecular complexity index is 1200. The normalized spacial score (nSPS) is 22.9. The van der Waals surface area contributed by atoms with Crippen LogP contribution in [-0.4, -0.2) is 30.7 Å². The summed E-state index contributed by atoms with van der Waals surface area (Å²) < 4.78 is 11.0. The number of hydrogen-bond acceptors (Lipinski definition) is 5. The van der Waals surface area contributed by atoms with Gasteiger partial charge in [0.1, 0.15) is 11.7 Å².